The molecule has 0 bridgehead atoms. The van der Waals surface area contributed by atoms with E-state index in [0.717, 1.165) is 28.1 Å². The number of rotatable bonds is 9. The fourth-order valence-corrected chi connectivity index (χ4v) is 2.81. The third-order valence-electron chi connectivity index (χ3n) is 4.50. The lowest BCUT2D eigenvalue weighted by atomic mass is 10.2. The Morgan fingerprint density at radius 3 is 2.33 bits per heavy atom. The van der Waals surface area contributed by atoms with Gasteiger partial charge < -0.3 is 14.8 Å². The highest BCUT2D eigenvalue weighted by Crippen LogP contribution is 2.14. The number of carbonyl (C=O) groups is 2. The summed E-state index contributed by atoms with van der Waals surface area (Å²) in [5.41, 5.74) is 6.06. The van der Waals surface area contributed by atoms with E-state index in [4.69, 9.17) is 9.47 Å². The summed E-state index contributed by atoms with van der Waals surface area (Å²) in [7, 11) is 1.60. The van der Waals surface area contributed by atoms with E-state index in [1.54, 1.807) is 37.5 Å². The molecule has 33 heavy (non-hydrogen) atoms. The number of methoxy groups -OCH3 is 1. The molecule has 0 saturated heterocycles. The SMILES string of the molecule is COc1ccc(/C=C/C(=O)Oc2ccc(/C=N\NC(=O)CNc3cccc(C)c3)cc2)cc1. The zero-order chi connectivity index (χ0) is 23.5. The number of nitrogens with zero attached hydrogens (tertiary/aromatic N) is 1. The maximum Gasteiger partial charge on any atom is 0.336 e. The zero-order valence-electron chi connectivity index (χ0n) is 18.4. The largest absolute Gasteiger partial charge is 0.497 e. The van der Waals surface area contributed by atoms with Gasteiger partial charge in [0.1, 0.15) is 11.5 Å². The van der Waals surface area contributed by atoms with E-state index >= 15 is 0 Å². The van der Waals surface area contributed by atoms with Gasteiger partial charge in [-0.25, -0.2) is 10.2 Å². The lowest BCUT2D eigenvalue weighted by Gasteiger charge is -2.05. The Bertz CT molecular complexity index is 1140. The molecule has 0 unspecified atom stereocenters. The van der Waals surface area contributed by atoms with Crippen LogP contribution in [0.5, 0.6) is 11.5 Å². The van der Waals surface area contributed by atoms with Crippen molar-refractivity contribution >= 4 is 29.9 Å². The lowest BCUT2D eigenvalue weighted by molar-refractivity contribution is -0.129. The van der Waals surface area contributed by atoms with Crippen LogP contribution in [0.3, 0.4) is 0 Å². The summed E-state index contributed by atoms with van der Waals surface area (Å²) in [5.74, 6) is 0.405. The van der Waals surface area contributed by atoms with E-state index in [2.05, 4.69) is 15.8 Å². The molecule has 0 aliphatic carbocycles. The van der Waals surface area contributed by atoms with Crippen LogP contribution in [0.15, 0.2) is 84.0 Å². The van der Waals surface area contributed by atoms with Gasteiger partial charge in [0.25, 0.3) is 5.91 Å². The predicted molar refractivity (Wildman–Crippen MR) is 130 cm³/mol. The number of anilines is 1. The summed E-state index contributed by atoms with van der Waals surface area (Å²) in [5, 5.41) is 6.98. The molecule has 2 N–H and O–H groups in total. The van der Waals surface area contributed by atoms with Crippen LogP contribution in [0.4, 0.5) is 5.69 Å². The number of hydrogen-bond donors (Lipinski definition) is 2. The topological polar surface area (TPSA) is 89.0 Å². The van der Waals surface area contributed by atoms with Gasteiger partial charge >= 0.3 is 5.97 Å². The molecular formula is C26H25N3O4. The molecule has 3 aromatic rings. The molecule has 0 fully saturated rings. The second-order valence-electron chi connectivity index (χ2n) is 7.11. The van der Waals surface area contributed by atoms with E-state index in [1.807, 2.05) is 55.5 Å². The van der Waals surface area contributed by atoms with E-state index in [-0.39, 0.29) is 12.5 Å². The molecule has 0 aliphatic heterocycles. The number of benzene rings is 3. The number of ether oxygens (including phenoxy) is 2. The van der Waals surface area contributed by atoms with Crippen LogP contribution >= 0.6 is 0 Å². The standard InChI is InChI=1S/C26H25N3O4/c1-19-4-3-5-22(16-19)27-18-25(30)29-28-17-21-8-13-24(14-9-21)33-26(31)15-10-20-6-11-23(32-2)12-7-20/h3-17,27H,18H2,1-2H3,(H,29,30)/b15-10+,28-17-. The van der Waals surface area contributed by atoms with E-state index < -0.39 is 5.97 Å². The van der Waals surface area contributed by atoms with Crippen molar-refractivity contribution in [2.24, 2.45) is 5.10 Å². The quantitative estimate of drug-likeness (QED) is 0.170. The first-order valence-electron chi connectivity index (χ1n) is 10.3. The monoisotopic (exact) mass is 443 g/mol. The molecule has 7 nitrogen and oxygen atoms in total. The van der Waals surface area contributed by atoms with Crippen molar-refractivity contribution in [3.63, 3.8) is 0 Å². The zero-order valence-corrected chi connectivity index (χ0v) is 18.4. The van der Waals surface area contributed by atoms with Crippen molar-refractivity contribution in [1.29, 1.82) is 0 Å². The Balaban J connectivity index is 1.43. The number of esters is 1. The Morgan fingerprint density at radius 2 is 1.64 bits per heavy atom. The molecule has 0 aliphatic rings. The van der Waals surface area contributed by atoms with Crippen molar-refractivity contribution in [2.45, 2.75) is 6.92 Å². The summed E-state index contributed by atoms with van der Waals surface area (Å²) in [6.45, 7) is 2.10. The summed E-state index contributed by atoms with van der Waals surface area (Å²) < 4.78 is 10.4. The minimum atomic E-state index is -0.486. The summed E-state index contributed by atoms with van der Waals surface area (Å²) in [6.07, 6.45) is 4.54. The van der Waals surface area contributed by atoms with Crippen LogP contribution in [-0.4, -0.2) is 31.7 Å². The number of aryl methyl sites for hydroxylation is 1. The van der Waals surface area contributed by atoms with Gasteiger partial charge in [-0.05, 0) is 78.2 Å². The van der Waals surface area contributed by atoms with Crippen molar-refractivity contribution in [2.75, 3.05) is 19.0 Å². The third-order valence-corrected chi connectivity index (χ3v) is 4.50. The molecule has 0 atom stereocenters. The van der Waals surface area contributed by atoms with Gasteiger partial charge in [-0.3, -0.25) is 4.79 Å². The molecule has 3 aromatic carbocycles. The fraction of sp³-hybridized carbons (Fsp3) is 0.115. The number of hydrogen-bond acceptors (Lipinski definition) is 6. The third kappa shape index (κ3) is 7.99. The first-order chi connectivity index (χ1) is 16.0. The molecule has 1 amide bonds. The van der Waals surface area contributed by atoms with Crippen molar-refractivity contribution in [1.82, 2.24) is 5.43 Å². The molecule has 0 spiro atoms. The van der Waals surface area contributed by atoms with E-state index in [9.17, 15) is 9.59 Å². The summed E-state index contributed by atoms with van der Waals surface area (Å²) in [6, 6.07) is 21.8. The molecule has 3 rings (SSSR count). The van der Waals surface area contributed by atoms with Crippen molar-refractivity contribution < 1.29 is 19.1 Å². The molecule has 0 radical (unpaired) electrons. The molecule has 168 valence electrons. The number of amides is 1. The molecule has 7 heteroatoms. The van der Waals surface area contributed by atoms with Crippen LogP contribution < -0.4 is 20.2 Å². The maximum atomic E-state index is 12.0. The van der Waals surface area contributed by atoms with Crippen LogP contribution in [0.1, 0.15) is 16.7 Å². The summed E-state index contributed by atoms with van der Waals surface area (Å²) in [4.78, 5) is 23.9. The second kappa shape index (κ2) is 11.9. The normalized spacial score (nSPS) is 10.8. The fourth-order valence-electron chi connectivity index (χ4n) is 2.81. The molecule has 0 heterocycles. The van der Waals surface area contributed by atoms with Crippen LogP contribution in [0, 0.1) is 6.92 Å². The van der Waals surface area contributed by atoms with Crippen LogP contribution in [-0.2, 0) is 9.59 Å². The highest BCUT2D eigenvalue weighted by molar-refractivity contribution is 5.89. The Kier molecular flexibility index (Phi) is 8.36. The minimum Gasteiger partial charge on any atom is -0.497 e. The van der Waals surface area contributed by atoms with E-state index in [1.165, 1.54) is 12.3 Å². The minimum absolute atomic E-state index is 0.111. The maximum absolute atomic E-state index is 12.0. The predicted octanol–water partition coefficient (Wildman–Crippen LogP) is 4.18. The molecule has 0 aromatic heterocycles. The average Bonchev–Trinajstić information content (AvgIpc) is 2.83. The van der Waals surface area contributed by atoms with Crippen molar-refractivity contribution in [3.05, 3.63) is 95.6 Å². The summed E-state index contributed by atoms with van der Waals surface area (Å²) >= 11 is 0. The molecular weight excluding hydrogens is 418 g/mol. The Morgan fingerprint density at radius 1 is 0.939 bits per heavy atom. The van der Waals surface area contributed by atoms with Gasteiger partial charge in [-0.15, -0.1) is 0 Å². The van der Waals surface area contributed by atoms with E-state index in [0.29, 0.717) is 5.75 Å². The van der Waals surface area contributed by atoms with Gasteiger partial charge in [-0.2, -0.15) is 5.10 Å². The van der Waals surface area contributed by atoms with Gasteiger partial charge in [0, 0.05) is 11.8 Å². The lowest BCUT2D eigenvalue weighted by Crippen LogP contribution is -2.25. The Hall–Kier alpha value is -4.39. The highest BCUT2D eigenvalue weighted by Gasteiger charge is 2.02. The van der Waals surface area contributed by atoms with Gasteiger partial charge in [0.2, 0.25) is 0 Å². The van der Waals surface area contributed by atoms with Gasteiger partial charge in [0.05, 0.1) is 19.9 Å². The van der Waals surface area contributed by atoms with Crippen LogP contribution in [0.25, 0.3) is 6.08 Å². The number of hydrazone groups is 1. The Labute approximate surface area is 192 Å². The first kappa shape index (κ1) is 23.3. The smallest absolute Gasteiger partial charge is 0.336 e. The average molecular weight is 444 g/mol. The second-order valence-corrected chi connectivity index (χ2v) is 7.11. The number of carbonyl (C=O) groups excluding carboxylic acids is 2. The van der Waals surface area contributed by atoms with Gasteiger partial charge in [-0.1, -0.05) is 24.3 Å². The van der Waals surface area contributed by atoms with Crippen molar-refractivity contribution in [3.8, 4) is 11.5 Å². The highest BCUT2D eigenvalue weighted by atomic mass is 16.5. The van der Waals surface area contributed by atoms with Gasteiger partial charge in [0.15, 0.2) is 0 Å². The van der Waals surface area contributed by atoms with Crippen LogP contribution in [0.2, 0.25) is 0 Å². The molecule has 0 saturated carbocycles. The number of nitrogens with one attached hydrogen (secondary N) is 2. The first-order valence-corrected chi connectivity index (χ1v) is 10.3.